The number of aromatic nitrogens is 2. The molecule has 2 aromatic carbocycles. The molecule has 0 fully saturated rings. The summed E-state index contributed by atoms with van der Waals surface area (Å²) in [5.41, 5.74) is 1.96. The van der Waals surface area contributed by atoms with Crippen LogP contribution in [0.25, 0.3) is 0 Å². The van der Waals surface area contributed by atoms with Crippen LogP contribution in [-0.2, 0) is 17.6 Å². The maximum atomic E-state index is 13.1. The second-order valence-electron chi connectivity index (χ2n) is 6.80. The largest absolute Gasteiger partial charge is 0.312 e. The molecule has 0 bridgehead atoms. The molecule has 8 heteroatoms. The summed E-state index contributed by atoms with van der Waals surface area (Å²) in [7, 11) is 1.78. The summed E-state index contributed by atoms with van der Waals surface area (Å²) in [6, 6.07) is 13.8. The van der Waals surface area contributed by atoms with E-state index in [1.165, 1.54) is 23.9 Å². The van der Waals surface area contributed by atoms with Crippen molar-refractivity contribution in [3.05, 3.63) is 85.9 Å². The van der Waals surface area contributed by atoms with Crippen molar-refractivity contribution in [2.45, 2.75) is 23.2 Å². The van der Waals surface area contributed by atoms with Gasteiger partial charge in [0.2, 0.25) is 5.91 Å². The molecule has 0 radical (unpaired) electrons. The van der Waals surface area contributed by atoms with Crippen LogP contribution in [0.1, 0.15) is 29.0 Å². The highest BCUT2D eigenvalue weighted by atomic mass is 79.9. The number of hydrogen-bond donors (Lipinski definition) is 1. The second kappa shape index (κ2) is 8.12. The first-order valence-electron chi connectivity index (χ1n) is 8.96. The summed E-state index contributed by atoms with van der Waals surface area (Å²) in [5, 5.41) is 3.33. The highest BCUT2D eigenvalue weighted by Gasteiger charge is 2.32. The lowest BCUT2D eigenvalue weighted by molar-refractivity contribution is -0.116. The van der Waals surface area contributed by atoms with Crippen LogP contribution in [0.2, 0.25) is 0 Å². The Kier molecular flexibility index (Phi) is 5.56. The predicted octanol–water partition coefficient (Wildman–Crippen LogP) is 4.45. The highest BCUT2D eigenvalue weighted by molar-refractivity contribution is 9.10. The zero-order chi connectivity index (χ0) is 20.5. The van der Waals surface area contributed by atoms with E-state index >= 15 is 0 Å². The van der Waals surface area contributed by atoms with Gasteiger partial charge in [0.15, 0.2) is 5.16 Å². The maximum Gasteiger partial charge on any atom is 0.279 e. The molecule has 1 amide bonds. The molecule has 29 heavy (non-hydrogen) atoms. The zero-order valence-electron chi connectivity index (χ0n) is 15.5. The molecular weight excluding hydrogens is 457 g/mol. The Morgan fingerprint density at radius 2 is 2.00 bits per heavy atom. The number of anilines is 1. The van der Waals surface area contributed by atoms with Crippen LogP contribution in [-0.4, -0.2) is 15.5 Å². The molecule has 1 aliphatic heterocycles. The molecule has 0 spiro atoms. The van der Waals surface area contributed by atoms with Crippen LogP contribution in [0.4, 0.5) is 10.2 Å². The van der Waals surface area contributed by atoms with Crippen molar-refractivity contribution in [1.29, 1.82) is 0 Å². The van der Waals surface area contributed by atoms with Crippen LogP contribution in [0, 0.1) is 5.82 Å². The number of amides is 1. The summed E-state index contributed by atoms with van der Waals surface area (Å²) in [4.78, 5) is 29.6. The molecule has 0 aliphatic carbocycles. The lowest BCUT2D eigenvalue weighted by Gasteiger charge is -2.27. The van der Waals surface area contributed by atoms with Crippen LogP contribution in [0.5, 0.6) is 0 Å². The molecule has 2 heterocycles. The minimum atomic E-state index is -0.349. The first kappa shape index (κ1) is 19.8. The van der Waals surface area contributed by atoms with Gasteiger partial charge in [-0.1, -0.05) is 52.0 Å². The van der Waals surface area contributed by atoms with Gasteiger partial charge >= 0.3 is 0 Å². The molecule has 1 atom stereocenters. The van der Waals surface area contributed by atoms with Crippen molar-refractivity contribution in [2.75, 3.05) is 5.32 Å². The highest BCUT2D eigenvalue weighted by Crippen LogP contribution is 2.36. The molecule has 1 aliphatic rings. The Labute approximate surface area is 179 Å². The second-order valence-corrected chi connectivity index (χ2v) is 8.65. The van der Waals surface area contributed by atoms with Gasteiger partial charge in [-0.15, -0.1) is 0 Å². The predicted molar refractivity (Wildman–Crippen MR) is 115 cm³/mol. The van der Waals surface area contributed by atoms with Gasteiger partial charge in [0.25, 0.3) is 5.56 Å². The third kappa shape index (κ3) is 4.13. The van der Waals surface area contributed by atoms with Crippen molar-refractivity contribution in [2.24, 2.45) is 7.05 Å². The third-order valence-electron chi connectivity index (χ3n) is 4.83. The number of carbonyl (C=O) groups excluding carboxylic acids is 1. The fraction of sp³-hybridized carbons (Fsp3) is 0.190. The molecule has 0 saturated heterocycles. The molecule has 3 aromatic rings. The summed E-state index contributed by atoms with van der Waals surface area (Å²) in [6.07, 6.45) is 0.197. The molecule has 0 saturated carbocycles. The van der Waals surface area contributed by atoms with E-state index in [2.05, 4.69) is 26.2 Å². The van der Waals surface area contributed by atoms with Gasteiger partial charge in [-0.3, -0.25) is 9.59 Å². The topological polar surface area (TPSA) is 64.0 Å². The van der Waals surface area contributed by atoms with Crippen molar-refractivity contribution in [1.82, 2.24) is 9.55 Å². The normalized spacial score (nSPS) is 15.7. The van der Waals surface area contributed by atoms with Gasteiger partial charge in [-0.2, -0.15) is 4.98 Å². The van der Waals surface area contributed by atoms with Crippen LogP contribution < -0.4 is 10.9 Å². The van der Waals surface area contributed by atoms with Gasteiger partial charge in [0.1, 0.15) is 11.6 Å². The van der Waals surface area contributed by atoms with E-state index in [-0.39, 0.29) is 29.6 Å². The van der Waals surface area contributed by atoms with Gasteiger partial charge in [-0.05, 0) is 35.4 Å². The Hall–Kier alpha value is -2.45. The van der Waals surface area contributed by atoms with Crippen molar-refractivity contribution in [3.8, 4) is 0 Å². The fourth-order valence-corrected chi connectivity index (χ4v) is 4.74. The SMILES string of the molecule is Cn1c(SCc2ccc(F)cc2)nc(=O)c2c1NC(=O)CC2c1cccc(Br)c1. The lowest BCUT2D eigenvalue weighted by Crippen LogP contribution is -2.33. The summed E-state index contributed by atoms with van der Waals surface area (Å²) in [6.45, 7) is 0. The lowest BCUT2D eigenvalue weighted by atomic mass is 9.87. The third-order valence-corrected chi connectivity index (χ3v) is 6.43. The average Bonchev–Trinajstić information content (AvgIpc) is 2.70. The number of nitrogens with zero attached hydrogens (tertiary/aromatic N) is 2. The maximum absolute atomic E-state index is 13.1. The fourth-order valence-electron chi connectivity index (χ4n) is 3.40. The van der Waals surface area contributed by atoms with E-state index < -0.39 is 0 Å². The van der Waals surface area contributed by atoms with Crippen molar-refractivity contribution in [3.63, 3.8) is 0 Å². The summed E-state index contributed by atoms with van der Waals surface area (Å²) < 4.78 is 15.7. The van der Waals surface area contributed by atoms with E-state index in [1.807, 2.05) is 24.3 Å². The molecule has 148 valence electrons. The average molecular weight is 474 g/mol. The number of carbonyl (C=O) groups is 1. The Morgan fingerprint density at radius 3 is 2.72 bits per heavy atom. The van der Waals surface area contributed by atoms with E-state index in [4.69, 9.17) is 0 Å². The number of rotatable bonds is 4. The quantitative estimate of drug-likeness (QED) is 0.449. The standard InChI is InChI=1S/C21H17BrFN3O2S/c1-26-19-18(16(10-17(27)24-19)13-3-2-4-14(22)9-13)20(28)25-21(26)29-11-12-5-7-15(23)8-6-12/h2-9,16H,10-11H2,1H3,(H,24,27). The molecule has 5 nitrogen and oxygen atoms in total. The number of halogens is 2. The molecule has 1 N–H and O–H groups in total. The smallest absolute Gasteiger partial charge is 0.279 e. The van der Waals surface area contributed by atoms with Gasteiger partial charge in [-0.25, -0.2) is 4.39 Å². The first-order chi connectivity index (χ1) is 13.9. The number of benzene rings is 2. The summed E-state index contributed by atoms with van der Waals surface area (Å²) in [5.74, 6) is 0.228. The zero-order valence-corrected chi connectivity index (χ0v) is 17.9. The number of hydrogen-bond acceptors (Lipinski definition) is 4. The van der Waals surface area contributed by atoms with E-state index in [9.17, 15) is 14.0 Å². The Bertz CT molecular complexity index is 1150. The van der Waals surface area contributed by atoms with Crippen molar-refractivity contribution >= 4 is 39.4 Å². The van der Waals surface area contributed by atoms with E-state index in [0.717, 1.165) is 15.6 Å². The van der Waals surface area contributed by atoms with Crippen LogP contribution in [0.15, 0.2) is 63.0 Å². The minimum Gasteiger partial charge on any atom is -0.312 e. The van der Waals surface area contributed by atoms with Crippen LogP contribution in [0.3, 0.4) is 0 Å². The Balaban J connectivity index is 1.71. The molecule has 1 unspecified atom stereocenters. The molecular formula is C21H17BrFN3O2S. The molecule has 4 rings (SSSR count). The minimum absolute atomic E-state index is 0.141. The first-order valence-corrected chi connectivity index (χ1v) is 10.7. The van der Waals surface area contributed by atoms with Crippen molar-refractivity contribution < 1.29 is 9.18 Å². The van der Waals surface area contributed by atoms with Gasteiger partial charge in [0.05, 0.1) is 5.56 Å². The molecule has 1 aromatic heterocycles. The monoisotopic (exact) mass is 473 g/mol. The van der Waals surface area contributed by atoms with E-state index in [0.29, 0.717) is 22.3 Å². The van der Waals surface area contributed by atoms with Gasteiger partial charge in [0, 0.05) is 29.6 Å². The Morgan fingerprint density at radius 1 is 1.24 bits per heavy atom. The number of nitrogens with one attached hydrogen (secondary N) is 1. The van der Waals surface area contributed by atoms with E-state index in [1.54, 1.807) is 23.7 Å². The van der Waals surface area contributed by atoms with Gasteiger partial charge < -0.3 is 9.88 Å². The number of fused-ring (bicyclic) bond motifs is 1. The number of thioether (sulfide) groups is 1. The van der Waals surface area contributed by atoms with Crippen LogP contribution >= 0.6 is 27.7 Å². The summed E-state index contributed by atoms with van der Waals surface area (Å²) >= 11 is 4.81.